The van der Waals surface area contributed by atoms with Crippen molar-refractivity contribution in [3.8, 4) is 0 Å². The number of nitrogens with one attached hydrogen (secondary N) is 1. The summed E-state index contributed by atoms with van der Waals surface area (Å²) in [5, 5.41) is 9.58. The topological polar surface area (TPSA) is 112 Å². The van der Waals surface area contributed by atoms with Crippen LogP contribution in [0, 0.1) is 0 Å². The largest absolute Gasteiger partial charge is 0.394 e. The fourth-order valence-corrected chi connectivity index (χ4v) is 3.14. The molecular weight excluding hydrogens is 320 g/mol. The molecule has 3 atom stereocenters. The highest BCUT2D eigenvalue weighted by Crippen LogP contribution is 2.35. The van der Waals surface area contributed by atoms with Crippen molar-refractivity contribution >= 4 is 0 Å². The molecule has 0 radical (unpaired) electrons. The Morgan fingerprint density at radius 3 is 2.79 bits per heavy atom. The van der Waals surface area contributed by atoms with Gasteiger partial charge < -0.3 is 24.1 Å². The fraction of sp³-hybridized carbons (Fsp3) is 0.733. The van der Waals surface area contributed by atoms with E-state index in [-0.39, 0.29) is 6.61 Å². The summed E-state index contributed by atoms with van der Waals surface area (Å²) in [4.78, 5) is 25.3. The van der Waals surface area contributed by atoms with Gasteiger partial charge in [-0.2, -0.15) is 0 Å². The first kappa shape index (κ1) is 17.3. The first-order chi connectivity index (χ1) is 11.6. The van der Waals surface area contributed by atoms with Crippen molar-refractivity contribution in [2.75, 3.05) is 26.9 Å². The lowest BCUT2D eigenvalue weighted by Crippen LogP contribution is -2.46. The Balaban J connectivity index is 1.76. The predicted octanol–water partition coefficient (Wildman–Crippen LogP) is -0.645. The van der Waals surface area contributed by atoms with Crippen LogP contribution in [0.2, 0.25) is 0 Å². The molecule has 3 heterocycles. The Bertz CT molecular complexity index is 664. The third-order valence-electron chi connectivity index (χ3n) is 4.51. The van der Waals surface area contributed by atoms with Crippen LogP contribution in [0.4, 0.5) is 0 Å². The standard InChI is InChI=1S/C15H22N2O7/c1-21-15(3-6-22-7-4-15)24-10-8-13(23-11(10)9-18)17-5-2-12(19)16-14(17)20/h2,5,10-11,13,18H,3-4,6-9H2,1H3,(H,16,19,20)/t10-,11+,13+/m0/s1. The van der Waals surface area contributed by atoms with Crippen molar-refractivity contribution in [3.63, 3.8) is 0 Å². The number of ether oxygens (including phenoxy) is 4. The smallest absolute Gasteiger partial charge is 0.330 e. The molecule has 0 aliphatic carbocycles. The van der Waals surface area contributed by atoms with E-state index in [1.165, 1.54) is 16.8 Å². The molecule has 2 fully saturated rings. The van der Waals surface area contributed by atoms with Gasteiger partial charge in [0.25, 0.3) is 5.56 Å². The van der Waals surface area contributed by atoms with Gasteiger partial charge in [0, 0.05) is 38.6 Å². The van der Waals surface area contributed by atoms with Gasteiger partial charge in [-0.1, -0.05) is 0 Å². The van der Waals surface area contributed by atoms with Gasteiger partial charge in [-0.15, -0.1) is 0 Å². The fourth-order valence-electron chi connectivity index (χ4n) is 3.14. The number of aliphatic hydroxyl groups is 1. The first-order valence-corrected chi connectivity index (χ1v) is 7.95. The molecule has 0 unspecified atom stereocenters. The number of hydrogen-bond donors (Lipinski definition) is 2. The van der Waals surface area contributed by atoms with E-state index in [4.69, 9.17) is 18.9 Å². The number of H-pyrrole nitrogens is 1. The van der Waals surface area contributed by atoms with E-state index < -0.39 is 35.5 Å². The van der Waals surface area contributed by atoms with E-state index in [0.717, 1.165) is 0 Å². The lowest BCUT2D eigenvalue weighted by Gasteiger charge is -2.38. The molecule has 9 nitrogen and oxygen atoms in total. The Kier molecular flexibility index (Phi) is 5.16. The van der Waals surface area contributed by atoms with Crippen LogP contribution in [-0.4, -0.2) is 59.6 Å². The number of rotatable bonds is 5. The monoisotopic (exact) mass is 342 g/mol. The Hall–Kier alpha value is -1.52. The maximum atomic E-state index is 11.9. The molecule has 1 aromatic heterocycles. The summed E-state index contributed by atoms with van der Waals surface area (Å²) < 4.78 is 24.1. The van der Waals surface area contributed by atoms with Gasteiger partial charge in [-0.25, -0.2) is 4.79 Å². The van der Waals surface area contributed by atoms with Gasteiger partial charge in [0.2, 0.25) is 0 Å². The molecule has 0 amide bonds. The highest BCUT2D eigenvalue weighted by molar-refractivity contribution is 4.90. The summed E-state index contributed by atoms with van der Waals surface area (Å²) in [5.74, 6) is -0.773. The molecule has 24 heavy (non-hydrogen) atoms. The minimum absolute atomic E-state index is 0.241. The van der Waals surface area contributed by atoms with E-state index in [1.54, 1.807) is 7.11 Å². The van der Waals surface area contributed by atoms with Crippen LogP contribution < -0.4 is 11.2 Å². The zero-order valence-electron chi connectivity index (χ0n) is 13.5. The molecule has 2 saturated heterocycles. The highest BCUT2D eigenvalue weighted by Gasteiger charge is 2.44. The predicted molar refractivity (Wildman–Crippen MR) is 81.6 cm³/mol. The van der Waals surface area contributed by atoms with E-state index >= 15 is 0 Å². The third kappa shape index (κ3) is 3.45. The lowest BCUT2D eigenvalue weighted by atomic mass is 10.1. The second-order valence-electron chi connectivity index (χ2n) is 5.95. The molecule has 3 rings (SSSR count). The summed E-state index contributed by atoms with van der Waals surface area (Å²) in [6.07, 6.45) is 1.28. The van der Waals surface area contributed by atoms with Gasteiger partial charge in [0.05, 0.1) is 25.9 Å². The van der Waals surface area contributed by atoms with Crippen molar-refractivity contribution in [1.29, 1.82) is 0 Å². The SMILES string of the molecule is COC1(O[C@H]2C[C@H](n3ccc(=O)[nH]c3=O)O[C@@H]2CO)CCOCC1. The van der Waals surface area contributed by atoms with Crippen LogP contribution in [0.5, 0.6) is 0 Å². The summed E-state index contributed by atoms with van der Waals surface area (Å²) in [6.45, 7) is 0.831. The average Bonchev–Trinajstić information content (AvgIpc) is 2.98. The molecular formula is C15H22N2O7. The van der Waals surface area contributed by atoms with E-state index in [0.29, 0.717) is 32.5 Å². The molecule has 0 saturated carbocycles. The minimum Gasteiger partial charge on any atom is -0.394 e. The molecule has 2 aliphatic heterocycles. The van der Waals surface area contributed by atoms with Gasteiger partial charge >= 0.3 is 5.69 Å². The zero-order valence-corrected chi connectivity index (χ0v) is 13.5. The van der Waals surface area contributed by atoms with E-state index in [1.807, 2.05) is 0 Å². The minimum atomic E-state index is -0.773. The van der Waals surface area contributed by atoms with Gasteiger partial charge in [0.15, 0.2) is 5.79 Å². The molecule has 9 heteroatoms. The van der Waals surface area contributed by atoms with Crippen molar-refractivity contribution < 1.29 is 24.1 Å². The van der Waals surface area contributed by atoms with Crippen LogP contribution in [0.1, 0.15) is 25.5 Å². The lowest BCUT2D eigenvalue weighted by molar-refractivity contribution is -0.281. The summed E-state index contributed by atoms with van der Waals surface area (Å²) in [7, 11) is 1.58. The number of nitrogens with zero attached hydrogens (tertiary/aromatic N) is 1. The maximum Gasteiger partial charge on any atom is 0.330 e. The van der Waals surface area contributed by atoms with Crippen molar-refractivity contribution in [2.45, 2.75) is 43.5 Å². The van der Waals surface area contributed by atoms with Crippen molar-refractivity contribution in [2.24, 2.45) is 0 Å². The molecule has 2 aliphatic rings. The van der Waals surface area contributed by atoms with Crippen molar-refractivity contribution in [3.05, 3.63) is 33.1 Å². The molecule has 1 aromatic rings. The number of methoxy groups -OCH3 is 1. The number of aromatic nitrogens is 2. The third-order valence-corrected chi connectivity index (χ3v) is 4.51. The van der Waals surface area contributed by atoms with Crippen LogP contribution in [0.15, 0.2) is 21.9 Å². The molecule has 2 N–H and O–H groups in total. The van der Waals surface area contributed by atoms with E-state index in [2.05, 4.69) is 4.98 Å². The summed E-state index contributed by atoms with van der Waals surface area (Å²) >= 11 is 0. The summed E-state index contributed by atoms with van der Waals surface area (Å²) in [5.41, 5.74) is -1.03. The van der Waals surface area contributed by atoms with Crippen LogP contribution in [0.3, 0.4) is 0 Å². The first-order valence-electron chi connectivity index (χ1n) is 7.95. The Labute approximate surface area is 138 Å². The second kappa shape index (κ2) is 7.16. The average molecular weight is 342 g/mol. The molecule has 0 spiro atoms. The number of aliphatic hydroxyl groups excluding tert-OH is 1. The number of hydrogen-bond acceptors (Lipinski definition) is 7. The number of aromatic amines is 1. The summed E-state index contributed by atoms with van der Waals surface area (Å²) in [6, 6.07) is 1.25. The van der Waals surface area contributed by atoms with Crippen LogP contribution in [0.25, 0.3) is 0 Å². The Morgan fingerprint density at radius 2 is 2.17 bits per heavy atom. The van der Waals surface area contributed by atoms with Crippen LogP contribution in [-0.2, 0) is 18.9 Å². The van der Waals surface area contributed by atoms with Crippen molar-refractivity contribution in [1.82, 2.24) is 9.55 Å². The van der Waals surface area contributed by atoms with E-state index in [9.17, 15) is 14.7 Å². The van der Waals surface area contributed by atoms with Crippen LogP contribution >= 0.6 is 0 Å². The van der Waals surface area contributed by atoms with Gasteiger partial charge in [-0.05, 0) is 0 Å². The van der Waals surface area contributed by atoms with Gasteiger partial charge in [0.1, 0.15) is 12.3 Å². The molecule has 0 bridgehead atoms. The molecule has 134 valence electrons. The normalized spacial score (nSPS) is 29.7. The van der Waals surface area contributed by atoms with Gasteiger partial charge in [-0.3, -0.25) is 14.3 Å². The highest BCUT2D eigenvalue weighted by atomic mass is 16.7. The maximum absolute atomic E-state index is 11.9. The Morgan fingerprint density at radius 1 is 1.42 bits per heavy atom. The molecule has 0 aromatic carbocycles. The second-order valence-corrected chi connectivity index (χ2v) is 5.95. The zero-order chi connectivity index (χ0) is 17.2. The quantitative estimate of drug-likeness (QED) is 0.684.